The Labute approximate surface area is 132 Å². The van der Waals surface area contributed by atoms with E-state index in [9.17, 15) is 0 Å². The number of terminal acetylenes is 1. The number of halogens is 2. The van der Waals surface area contributed by atoms with Gasteiger partial charge in [-0.25, -0.2) is 0 Å². The molecule has 0 amide bonds. The van der Waals surface area contributed by atoms with Gasteiger partial charge in [0.2, 0.25) is 0 Å². The van der Waals surface area contributed by atoms with Crippen LogP contribution in [0.25, 0.3) is 0 Å². The quantitative estimate of drug-likeness (QED) is 0.523. The summed E-state index contributed by atoms with van der Waals surface area (Å²) in [4.78, 5) is 0.758. The summed E-state index contributed by atoms with van der Waals surface area (Å²) in [5.41, 5.74) is 0. The number of allylic oxidation sites excluding steroid dienone is 2. The van der Waals surface area contributed by atoms with Gasteiger partial charge in [-0.3, -0.25) is 0 Å². The molecule has 2 nitrogen and oxygen atoms in total. The zero-order chi connectivity index (χ0) is 13.8. The second-order valence-electron chi connectivity index (χ2n) is 5.14. The first kappa shape index (κ1) is 15.6. The SMILES string of the molecule is C#CC=CCC(Br)C1CC2OC(C(Br)CC)CC2O1. The third-order valence-electron chi connectivity index (χ3n) is 3.82. The number of hydrogen-bond donors (Lipinski definition) is 0. The normalized spacial score (nSPS) is 37.2. The summed E-state index contributed by atoms with van der Waals surface area (Å²) in [5, 5.41) is 0. The first-order valence-electron chi connectivity index (χ1n) is 6.85. The second kappa shape index (κ2) is 7.26. The third kappa shape index (κ3) is 3.85. The zero-order valence-corrected chi connectivity index (χ0v) is 14.3. The highest BCUT2D eigenvalue weighted by Gasteiger charge is 2.46. The van der Waals surface area contributed by atoms with E-state index < -0.39 is 0 Å². The smallest absolute Gasteiger partial charge is 0.0867 e. The van der Waals surface area contributed by atoms with E-state index >= 15 is 0 Å². The lowest BCUT2D eigenvalue weighted by Crippen LogP contribution is -2.25. The molecule has 2 aliphatic rings. The van der Waals surface area contributed by atoms with E-state index in [0.29, 0.717) is 15.8 Å². The summed E-state index contributed by atoms with van der Waals surface area (Å²) in [6.45, 7) is 2.17. The molecule has 0 N–H and O–H groups in total. The lowest BCUT2D eigenvalue weighted by Gasteiger charge is -2.21. The van der Waals surface area contributed by atoms with Crippen LogP contribution in [-0.2, 0) is 9.47 Å². The number of rotatable bonds is 5. The van der Waals surface area contributed by atoms with E-state index in [-0.39, 0.29) is 18.3 Å². The molecule has 6 unspecified atom stereocenters. The van der Waals surface area contributed by atoms with Crippen molar-refractivity contribution in [2.45, 2.75) is 66.7 Å². The fraction of sp³-hybridized carbons (Fsp3) is 0.733. The molecule has 0 saturated carbocycles. The van der Waals surface area contributed by atoms with Gasteiger partial charge in [0.1, 0.15) is 0 Å². The van der Waals surface area contributed by atoms with Crippen LogP contribution in [0, 0.1) is 12.3 Å². The summed E-state index contributed by atoms with van der Waals surface area (Å²) in [6.07, 6.45) is 14.0. The molecule has 2 heterocycles. The Balaban J connectivity index is 1.81. The second-order valence-corrected chi connectivity index (χ2v) is 7.49. The molecule has 2 fully saturated rings. The van der Waals surface area contributed by atoms with E-state index in [1.165, 1.54) is 0 Å². The molecule has 6 atom stereocenters. The molecule has 0 spiro atoms. The molecule has 0 bridgehead atoms. The third-order valence-corrected chi connectivity index (χ3v) is 6.02. The Morgan fingerprint density at radius 2 is 1.79 bits per heavy atom. The van der Waals surface area contributed by atoms with Gasteiger partial charge in [-0.1, -0.05) is 50.8 Å². The van der Waals surface area contributed by atoms with E-state index in [1.807, 2.05) is 6.08 Å². The summed E-state index contributed by atoms with van der Waals surface area (Å²) in [6, 6.07) is 0. The lowest BCUT2D eigenvalue weighted by atomic mass is 10.1. The number of alkyl halides is 2. The summed E-state index contributed by atoms with van der Waals surface area (Å²) in [7, 11) is 0. The van der Waals surface area contributed by atoms with Crippen LogP contribution in [0.3, 0.4) is 0 Å². The average Bonchev–Trinajstić information content (AvgIpc) is 2.96. The topological polar surface area (TPSA) is 18.5 Å². The van der Waals surface area contributed by atoms with Gasteiger partial charge in [-0.2, -0.15) is 0 Å². The van der Waals surface area contributed by atoms with Crippen molar-refractivity contribution in [3.8, 4) is 12.3 Å². The Morgan fingerprint density at radius 1 is 1.21 bits per heavy atom. The molecule has 4 heteroatoms. The van der Waals surface area contributed by atoms with Gasteiger partial charge >= 0.3 is 0 Å². The van der Waals surface area contributed by atoms with Gasteiger partial charge in [-0.05, 0) is 18.9 Å². The van der Waals surface area contributed by atoms with E-state index in [4.69, 9.17) is 15.9 Å². The van der Waals surface area contributed by atoms with Gasteiger partial charge < -0.3 is 9.47 Å². The zero-order valence-electron chi connectivity index (χ0n) is 11.1. The number of ether oxygens (including phenoxy) is 2. The predicted molar refractivity (Wildman–Crippen MR) is 84.9 cm³/mol. The molecule has 2 aliphatic heterocycles. The molecular formula is C15H20Br2O2. The Bertz CT molecular complexity index is 350. The van der Waals surface area contributed by atoms with Crippen molar-refractivity contribution in [2.24, 2.45) is 0 Å². The van der Waals surface area contributed by atoms with Crippen molar-refractivity contribution >= 4 is 31.9 Å². The molecule has 2 rings (SSSR count). The van der Waals surface area contributed by atoms with E-state index in [2.05, 4.69) is 44.7 Å². The van der Waals surface area contributed by atoms with Crippen LogP contribution in [0.4, 0.5) is 0 Å². The highest BCUT2D eigenvalue weighted by molar-refractivity contribution is 9.09. The van der Waals surface area contributed by atoms with Crippen molar-refractivity contribution in [1.82, 2.24) is 0 Å². The monoisotopic (exact) mass is 390 g/mol. The maximum absolute atomic E-state index is 6.12. The van der Waals surface area contributed by atoms with Crippen molar-refractivity contribution in [1.29, 1.82) is 0 Å². The lowest BCUT2D eigenvalue weighted by molar-refractivity contribution is 0.0337. The van der Waals surface area contributed by atoms with Crippen LogP contribution in [0.15, 0.2) is 12.2 Å². The molecule has 0 radical (unpaired) electrons. The van der Waals surface area contributed by atoms with Crippen LogP contribution in [-0.4, -0.2) is 34.1 Å². The maximum atomic E-state index is 6.12. The van der Waals surface area contributed by atoms with Crippen LogP contribution in [0.5, 0.6) is 0 Å². The predicted octanol–water partition coefficient (Wildman–Crippen LogP) is 3.82. The molecule has 0 aromatic heterocycles. The van der Waals surface area contributed by atoms with Crippen LogP contribution < -0.4 is 0 Å². The van der Waals surface area contributed by atoms with Crippen LogP contribution >= 0.6 is 31.9 Å². The highest BCUT2D eigenvalue weighted by atomic mass is 79.9. The average molecular weight is 392 g/mol. The molecule has 0 aliphatic carbocycles. The van der Waals surface area contributed by atoms with Gasteiger partial charge in [-0.15, -0.1) is 6.42 Å². The van der Waals surface area contributed by atoms with Gasteiger partial charge in [0.05, 0.1) is 24.4 Å². The van der Waals surface area contributed by atoms with Gasteiger partial charge in [0, 0.05) is 22.5 Å². The fourth-order valence-electron chi connectivity index (χ4n) is 2.75. The minimum Gasteiger partial charge on any atom is -0.371 e. The van der Waals surface area contributed by atoms with Crippen LogP contribution in [0.1, 0.15) is 32.6 Å². The van der Waals surface area contributed by atoms with Gasteiger partial charge in [0.25, 0.3) is 0 Å². The van der Waals surface area contributed by atoms with Crippen molar-refractivity contribution in [3.63, 3.8) is 0 Å². The summed E-state index contributed by atoms with van der Waals surface area (Å²) >= 11 is 7.37. The molecule has 19 heavy (non-hydrogen) atoms. The molecular weight excluding hydrogens is 372 g/mol. The molecule has 0 aromatic rings. The number of hydrogen-bond acceptors (Lipinski definition) is 2. The Hall–Kier alpha value is 0.180. The molecule has 106 valence electrons. The molecule has 0 aromatic carbocycles. The fourth-order valence-corrected chi connectivity index (χ4v) is 3.65. The minimum absolute atomic E-state index is 0.230. The molecule has 2 saturated heterocycles. The van der Waals surface area contributed by atoms with Gasteiger partial charge in [0.15, 0.2) is 0 Å². The van der Waals surface area contributed by atoms with Crippen LogP contribution in [0.2, 0.25) is 0 Å². The minimum atomic E-state index is 0.230. The largest absolute Gasteiger partial charge is 0.371 e. The Kier molecular flexibility index (Phi) is 5.95. The number of fused-ring (bicyclic) bond motifs is 1. The summed E-state index contributed by atoms with van der Waals surface area (Å²) < 4.78 is 12.2. The standard InChI is InChI=1S/C15H20Br2O2/c1-3-5-6-7-11(17)13-9-15-14(19-13)8-12(18-15)10(16)4-2/h1,5-6,10-15H,4,7-9H2,2H3. The van der Waals surface area contributed by atoms with Crippen molar-refractivity contribution < 1.29 is 9.47 Å². The van der Waals surface area contributed by atoms with Crippen molar-refractivity contribution in [3.05, 3.63) is 12.2 Å². The Morgan fingerprint density at radius 3 is 2.32 bits per heavy atom. The highest BCUT2D eigenvalue weighted by Crippen LogP contribution is 2.39. The maximum Gasteiger partial charge on any atom is 0.0867 e. The van der Waals surface area contributed by atoms with E-state index in [0.717, 1.165) is 25.7 Å². The van der Waals surface area contributed by atoms with Crippen molar-refractivity contribution in [2.75, 3.05) is 0 Å². The first-order chi connectivity index (χ1) is 9.15. The first-order valence-corrected chi connectivity index (χ1v) is 8.69. The summed E-state index contributed by atoms with van der Waals surface area (Å²) in [5.74, 6) is 2.51. The van der Waals surface area contributed by atoms with E-state index in [1.54, 1.807) is 6.08 Å².